The van der Waals surface area contributed by atoms with Gasteiger partial charge in [-0.3, -0.25) is 0 Å². The van der Waals surface area contributed by atoms with Crippen LogP contribution in [-0.4, -0.2) is 0 Å². The molecular weight excluding hydrogens is 249 g/mol. The van der Waals surface area contributed by atoms with Crippen molar-refractivity contribution in [1.82, 2.24) is 0 Å². The van der Waals surface area contributed by atoms with Crippen LogP contribution >= 0.6 is 0 Å². The molecule has 99 valence electrons. The minimum Gasteiger partial charge on any atom is -0.166 e. The average molecular weight is 263 g/mol. The Kier molecular flexibility index (Phi) is 3.93. The summed E-state index contributed by atoms with van der Waals surface area (Å²) >= 11 is 0. The molecule has 0 bridgehead atoms. The largest absolute Gasteiger partial charge is 0.416 e. The van der Waals surface area contributed by atoms with Crippen molar-refractivity contribution in [2.45, 2.75) is 19.0 Å². The molecule has 2 aromatic rings. The SMILES string of the molecule is [CH2]CCc1ccc(-c2ccc(C(F)(F)F)cc2)cc1. The summed E-state index contributed by atoms with van der Waals surface area (Å²) < 4.78 is 37.4. The Morgan fingerprint density at radius 2 is 1.26 bits per heavy atom. The molecule has 19 heavy (non-hydrogen) atoms. The zero-order valence-electron chi connectivity index (χ0n) is 10.4. The van der Waals surface area contributed by atoms with Crippen molar-refractivity contribution in [2.75, 3.05) is 0 Å². The van der Waals surface area contributed by atoms with E-state index in [1.54, 1.807) is 0 Å². The van der Waals surface area contributed by atoms with E-state index < -0.39 is 11.7 Å². The molecule has 0 aliphatic carbocycles. The molecule has 2 aromatic carbocycles. The molecule has 1 radical (unpaired) electrons. The molecule has 0 saturated carbocycles. The molecule has 0 aliphatic heterocycles. The predicted octanol–water partition coefficient (Wildman–Crippen LogP) is 5.14. The van der Waals surface area contributed by atoms with Crippen molar-refractivity contribution >= 4 is 0 Å². The molecule has 0 fully saturated rings. The number of hydrogen-bond donors (Lipinski definition) is 0. The number of halogens is 3. The summed E-state index contributed by atoms with van der Waals surface area (Å²) in [6.45, 7) is 3.79. The van der Waals surface area contributed by atoms with Gasteiger partial charge in [-0.15, -0.1) is 0 Å². The first-order valence-electron chi connectivity index (χ1n) is 6.06. The molecule has 0 unspecified atom stereocenters. The first kappa shape index (κ1) is 13.7. The third-order valence-corrected chi connectivity index (χ3v) is 2.96. The lowest BCUT2D eigenvalue weighted by molar-refractivity contribution is -0.137. The van der Waals surface area contributed by atoms with E-state index in [2.05, 4.69) is 6.92 Å². The van der Waals surface area contributed by atoms with Gasteiger partial charge in [0.1, 0.15) is 0 Å². The van der Waals surface area contributed by atoms with Crippen molar-refractivity contribution in [3.05, 3.63) is 66.6 Å². The third-order valence-electron chi connectivity index (χ3n) is 2.96. The van der Waals surface area contributed by atoms with Crippen molar-refractivity contribution in [2.24, 2.45) is 0 Å². The van der Waals surface area contributed by atoms with Gasteiger partial charge in [0.2, 0.25) is 0 Å². The highest BCUT2D eigenvalue weighted by Crippen LogP contribution is 2.31. The van der Waals surface area contributed by atoms with Gasteiger partial charge < -0.3 is 0 Å². The van der Waals surface area contributed by atoms with Gasteiger partial charge >= 0.3 is 6.18 Å². The normalized spacial score (nSPS) is 11.6. The Morgan fingerprint density at radius 3 is 1.68 bits per heavy atom. The van der Waals surface area contributed by atoms with E-state index >= 15 is 0 Å². The molecule has 0 atom stereocenters. The fraction of sp³-hybridized carbons (Fsp3) is 0.188. The minimum absolute atomic E-state index is 0.620. The molecular formula is C16H14F3. The van der Waals surface area contributed by atoms with Crippen LogP contribution in [0.5, 0.6) is 0 Å². The topological polar surface area (TPSA) is 0 Å². The fourth-order valence-corrected chi connectivity index (χ4v) is 1.92. The Labute approximate surface area is 110 Å². The maximum atomic E-state index is 12.5. The van der Waals surface area contributed by atoms with Crippen LogP contribution in [0.25, 0.3) is 11.1 Å². The first-order chi connectivity index (χ1) is 9.00. The van der Waals surface area contributed by atoms with Crippen LogP contribution in [0.3, 0.4) is 0 Å². The molecule has 0 spiro atoms. The lowest BCUT2D eigenvalue weighted by Crippen LogP contribution is -2.03. The summed E-state index contributed by atoms with van der Waals surface area (Å²) in [4.78, 5) is 0. The van der Waals surface area contributed by atoms with E-state index in [4.69, 9.17) is 0 Å². The highest BCUT2D eigenvalue weighted by atomic mass is 19.4. The van der Waals surface area contributed by atoms with Crippen molar-refractivity contribution in [1.29, 1.82) is 0 Å². The number of alkyl halides is 3. The second kappa shape index (κ2) is 5.47. The van der Waals surface area contributed by atoms with Gasteiger partial charge in [-0.25, -0.2) is 0 Å². The van der Waals surface area contributed by atoms with Crippen LogP contribution in [0, 0.1) is 6.92 Å². The highest BCUT2D eigenvalue weighted by Gasteiger charge is 2.29. The van der Waals surface area contributed by atoms with Gasteiger partial charge in [0.15, 0.2) is 0 Å². The molecule has 0 aromatic heterocycles. The summed E-state index contributed by atoms with van der Waals surface area (Å²) in [6.07, 6.45) is -2.54. The number of benzene rings is 2. The van der Waals surface area contributed by atoms with E-state index in [9.17, 15) is 13.2 Å². The molecule has 0 nitrogen and oxygen atoms in total. The second-order valence-electron chi connectivity index (χ2n) is 4.38. The van der Waals surface area contributed by atoms with Gasteiger partial charge in [-0.2, -0.15) is 13.2 Å². The Balaban J connectivity index is 2.22. The summed E-state index contributed by atoms with van der Waals surface area (Å²) in [5.41, 5.74) is 2.27. The number of rotatable bonds is 3. The van der Waals surface area contributed by atoms with Gasteiger partial charge in [-0.1, -0.05) is 43.3 Å². The molecule has 0 amide bonds. The predicted molar refractivity (Wildman–Crippen MR) is 70.6 cm³/mol. The second-order valence-corrected chi connectivity index (χ2v) is 4.38. The summed E-state index contributed by atoms with van der Waals surface area (Å²) in [7, 11) is 0. The van der Waals surface area contributed by atoms with Crippen molar-refractivity contribution < 1.29 is 13.2 Å². The molecule has 0 saturated heterocycles. The molecule has 3 heteroatoms. The van der Waals surface area contributed by atoms with E-state index in [0.29, 0.717) is 0 Å². The van der Waals surface area contributed by atoms with Gasteiger partial charge in [0, 0.05) is 0 Å². The summed E-state index contributed by atoms with van der Waals surface area (Å²) in [5, 5.41) is 0. The minimum atomic E-state index is -4.28. The van der Waals surface area contributed by atoms with Crippen LogP contribution in [0.15, 0.2) is 48.5 Å². The molecule has 0 aliphatic rings. The van der Waals surface area contributed by atoms with Gasteiger partial charge in [0.25, 0.3) is 0 Å². The number of aryl methyl sites for hydroxylation is 1. The highest BCUT2D eigenvalue weighted by molar-refractivity contribution is 5.64. The number of hydrogen-bond acceptors (Lipinski definition) is 0. The summed E-state index contributed by atoms with van der Waals surface area (Å²) in [6, 6.07) is 13.0. The fourth-order valence-electron chi connectivity index (χ4n) is 1.92. The monoisotopic (exact) mass is 263 g/mol. The quantitative estimate of drug-likeness (QED) is 0.719. The lowest BCUT2D eigenvalue weighted by Gasteiger charge is -2.08. The van der Waals surface area contributed by atoms with E-state index in [0.717, 1.165) is 36.1 Å². The summed E-state index contributed by atoms with van der Waals surface area (Å²) in [5.74, 6) is 0. The molecule has 0 heterocycles. The Morgan fingerprint density at radius 1 is 0.789 bits per heavy atom. The van der Waals surface area contributed by atoms with Crippen molar-refractivity contribution in [3.8, 4) is 11.1 Å². The van der Waals surface area contributed by atoms with Crippen LogP contribution in [0.1, 0.15) is 17.5 Å². The molecule has 0 N–H and O–H groups in total. The standard InChI is InChI=1S/C16H14F3/c1-2-3-12-4-6-13(7-5-12)14-8-10-15(11-9-14)16(17,18)19/h4-11H,1-3H2. The Hall–Kier alpha value is -1.77. The van der Waals surface area contributed by atoms with Gasteiger partial charge in [-0.05, 0) is 41.7 Å². The van der Waals surface area contributed by atoms with E-state index in [1.807, 2.05) is 24.3 Å². The maximum absolute atomic E-state index is 12.5. The maximum Gasteiger partial charge on any atom is 0.416 e. The van der Waals surface area contributed by atoms with E-state index in [1.165, 1.54) is 17.7 Å². The van der Waals surface area contributed by atoms with Crippen LogP contribution in [-0.2, 0) is 12.6 Å². The smallest absolute Gasteiger partial charge is 0.166 e. The zero-order chi connectivity index (χ0) is 13.9. The Bertz CT molecular complexity index is 521. The van der Waals surface area contributed by atoms with Crippen LogP contribution in [0.2, 0.25) is 0 Å². The van der Waals surface area contributed by atoms with Crippen LogP contribution < -0.4 is 0 Å². The first-order valence-corrected chi connectivity index (χ1v) is 6.06. The zero-order valence-corrected chi connectivity index (χ0v) is 10.4. The van der Waals surface area contributed by atoms with Crippen LogP contribution in [0.4, 0.5) is 13.2 Å². The van der Waals surface area contributed by atoms with Crippen molar-refractivity contribution in [3.63, 3.8) is 0 Å². The average Bonchev–Trinajstić information content (AvgIpc) is 2.39. The lowest BCUT2D eigenvalue weighted by atomic mass is 10.0. The third kappa shape index (κ3) is 3.37. The van der Waals surface area contributed by atoms with Gasteiger partial charge in [0.05, 0.1) is 5.56 Å². The molecule has 2 rings (SSSR count). The van der Waals surface area contributed by atoms with E-state index in [-0.39, 0.29) is 0 Å².